The van der Waals surface area contributed by atoms with Gasteiger partial charge in [-0.2, -0.15) is 16.1 Å². The Kier molecular flexibility index (Phi) is 5.34. The van der Waals surface area contributed by atoms with Crippen LogP contribution in [0.2, 0.25) is 0 Å². The van der Waals surface area contributed by atoms with Crippen LogP contribution in [0, 0.1) is 6.92 Å². The zero-order valence-corrected chi connectivity index (χ0v) is 14.7. The molecule has 21 heavy (non-hydrogen) atoms. The van der Waals surface area contributed by atoms with Crippen molar-refractivity contribution in [2.24, 2.45) is 0 Å². The average molecular weight is 394 g/mol. The monoisotopic (exact) mass is 393 g/mol. The van der Waals surface area contributed by atoms with Crippen molar-refractivity contribution in [2.45, 2.75) is 18.2 Å². The molecule has 2 rings (SSSR count). The molecule has 1 aliphatic heterocycles. The van der Waals surface area contributed by atoms with Crippen molar-refractivity contribution < 1.29 is 18.3 Å². The van der Waals surface area contributed by atoms with Gasteiger partial charge in [0.2, 0.25) is 10.0 Å². The second-order valence-electron chi connectivity index (χ2n) is 4.75. The molecule has 1 aromatic carbocycles. The topological polar surface area (TPSA) is 74.7 Å². The largest absolute Gasteiger partial charge is 0.478 e. The van der Waals surface area contributed by atoms with Gasteiger partial charge < -0.3 is 5.11 Å². The lowest BCUT2D eigenvalue weighted by Crippen LogP contribution is -2.33. The van der Waals surface area contributed by atoms with Gasteiger partial charge >= 0.3 is 5.97 Å². The number of carbonyl (C=O) groups is 1. The minimum atomic E-state index is -3.65. The zero-order valence-electron chi connectivity index (χ0n) is 11.5. The Bertz CT molecular complexity index is 652. The van der Waals surface area contributed by atoms with E-state index in [0.29, 0.717) is 23.1 Å². The predicted molar refractivity (Wildman–Crippen MR) is 86.5 cm³/mol. The first kappa shape index (κ1) is 16.8. The summed E-state index contributed by atoms with van der Waals surface area (Å²) in [6.45, 7) is 2.58. The lowest BCUT2D eigenvalue weighted by Gasteiger charge is -2.20. The molecule has 1 fully saturated rings. The van der Waals surface area contributed by atoms with E-state index >= 15 is 0 Å². The second kappa shape index (κ2) is 6.68. The number of carboxylic acid groups (broad SMARTS) is 1. The van der Waals surface area contributed by atoms with Gasteiger partial charge in [-0.15, -0.1) is 0 Å². The third-order valence-electron chi connectivity index (χ3n) is 3.37. The Hall–Kier alpha value is -0.570. The van der Waals surface area contributed by atoms with Gasteiger partial charge in [-0.25, -0.2) is 13.2 Å². The van der Waals surface area contributed by atoms with E-state index in [4.69, 9.17) is 0 Å². The van der Waals surface area contributed by atoms with Crippen LogP contribution >= 0.6 is 27.7 Å². The normalized spacial score (nSPS) is 17.4. The quantitative estimate of drug-likeness (QED) is 0.853. The van der Waals surface area contributed by atoms with Crippen molar-refractivity contribution in [1.82, 2.24) is 4.31 Å². The van der Waals surface area contributed by atoms with E-state index in [1.54, 1.807) is 18.7 Å². The number of nitrogens with zero attached hydrogens (tertiary/aromatic N) is 1. The first-order valence-electron chi connectivity index (χ1n) is 6.45. The minimum absolute atomic E-state index is 0.00662. The molecule has 0 atom stereocenters. The Morgan fingerprint density at radius 3 is 2.71 bits per heavy atom. The Balaban J connectivity index is 2.46. The standard InChI is InChI=1S/C13H16BrNO4S2/c1-9-11(13(16)17)7-10(8-12(9)14)21(18,19)15-3-2-5-20-6-4-15/h7-8H,2-6H2,1H3,(H,16,17). The van der Waals surface area contributed by atoms with Crippen LogP contribution in [0.3, 0.4) is 0 Å². The number of halogens is 1. The number of carboxylic acids is 1. The highest BCUT2D eigenvalue weighted by Crippen LogP contribution is 2.27. The SMILES string of the molecule is Cc1c(Br)cc(S(=O)(=O)N2CCCSCC2)cc1C(=O)O. The molecule has 0 radical (unpaired) electrons. The number of rotatable bonds is 3. The molecule has 116 valence electrons. The zero-order chi connectivity index (χ0) is 15.6. The van der Waals surface area contributed by atoms with Gasteiger partial charge in [0.15, 0.2) is 0 Å². The van der Waals surface area contributed by atoms with Crippen LogP contribution in [0.5, 0.6) is 0 Å². The summed E-state index contributed by atoms with van der Waals surface area (Å²) in [6.07, 6.45) is 0.808. The van der Waals surface area contributed by atoms with Crippen LogP contribution in [0.4, 0.5) is 0 Å². The Morgan fingerprint density at radius 1 is 1.33 bits per heavy atom. The number of hydrogen-bond acceptors (Lipinski definition) is 4. The number of thioether (sulfide) groups is 1. The summed E-state index contributed by atoms with van der Waals surface area (Å²) in [5.74, 6) is 0.582. The van der Waals surface area contributed by atoms with Crippen LogP contribution in [-0.2, 0) is 10.0 Å². The third kappa shape index (κ3) is 3.61. The van der Waals surface area contributed by atoms with E-state index < -0.39 is 16.0 Å². The summed E-state index contributed by atoms with van der Waals surface area (Å²) in [4.78, 5) is 11.3. The summed E-state index contributed by atoms with van der Waals surface area (Å²) >= 11 is 4.98. The molecule has 1 aliphatic rings. The van der Waals surface area contributed by atoms with E-state index in [9.17, 15) is 18.3 Å². The molecular formula is C13H16BrNO4S2. The highest BCUT2D eigenvalue weighted by molar-refractivity contribution is 9.10. The molecule has 0 amide bonds. The molecule has 0 aromatic heterocycles. The summed E-state index contributed by atoms with van der Waals surface area (Å²) in [7, 11) is -3.65. The molecule has 0 spiro atoms. The second-order valence-corrected chi connectivity index (χ2v) is 8.77. The maximum absolute atomic E-state index is 12.7. The van der Waals surface area contributed by atoms with Crippen LogP contribution in [-0.4, -0.2) is 48.4 Å². The highest BCUT2D eigenvalue weighted by atomic mass is 79.9. The molecule has 1 saturated heterocycles. The first-order valence-corrected chi connectivity index (χ1v) is 9.84. The Morgan fingerprint density at radius 2 is 2.05 bits per heavy atom. The van der Waals surface area contributed by atoms with Crippen LogP contribution in [0.1, 0.15) is 22.3 Å². The number of sulfonamides is 1. The maximum Gasteiger partial charge on any atom is 0.336 e. The van der Waals surface area contributed by atoms with Gasteiger partial charge in [0, 0.05) is 23.3 Å². The smallest absolute Gasteiger partial charge is 0.336 e. The van der Waals surface area contributed by atoms with Gasteiger partial charge in [0.25, 0.3) is 0 Å². The van der Waals surface area contributed by atoms with Gasteiger partial charge in [0.05, 0.1) is 10.5 Å². The molecule has 0 bridgehead atoms. The number of aromatic carboxylic acids is 1. The number of hydrogen-bond donors (Lipinski definition) is 1. The fourth-order valence-electron chi connectivity index (χ4n) is 2.14. The highest BCUT2D eigenvalue weighted by Gasteiger charge is 2.27. The molecule has 1 heterocycles. The van der Waals surface area contributed by atoms with Crippen LogP contribution in [0.25, 0.3) is 0 Å². The van der Waals surface area contributed by atoms with E-state index in [1.807, 2.05) is 0 Å². The minimum Gasteiger partial charge on any atom is -0.478 e. The summed E-state index contributed by atoms with van der Waals surface area (Å²) in [5.41, 5.74) is 0.528. The van der Waals surface area contributed by atoms with E-state index in [2.05, 4.69) is 15.9 Å². The summed E-state index contributed by atoms with van der Waals surface area (Å²) in [6, 6.07) is 2.73. The van der Waals surface area contributed by atoms with Crippen molar-refractivity contribution in [3.8, 4) is 0 Å². The molecule has 0 saturated carbocycles. The fourth-order valence-corrected chi connectivity index (χ4v) is 5.28. The van der Waals surface area contributed by atoms with Crippen molar-refractivity contribution in [1.29, 1.82) is 0 Å². The number of benzene rings is 1. The van der Waals surface area contributed by atoms with E-state index in [1.165, 1.54) is 16.4 Å². The summed E-state index contributed by atoms with van der Waals surface area (Å²) in [5, 5.41) is 9.20. The third-order valence-corrected chi connectivity index (χ3v) is 7.12. The molecular weight excluding hydrogens is 378 g/mol. The predicted octanol–water partition coefficient (Wildman–Crippen LogP) is 2.58. The van der Waals surface area contributed by atoms with Gasteiger partial charge in [-0.05, 0) is 36.8 Å². The lowest BCUT2D eigenvalue weighted by atomic mass is 10.1. The van der Waals surface area contributed by atoms with E-state index in [-0.39, 0.29) is 10.5 Å². The van der Waals surface area contributed by atoms with Gasteiger partial charge in [-0.3, -0.25) is 0 Å². The summed E-state index contributed by atoms with van der Waals surface area (Å²) < 4.78 is 27.3. The maximum atomic E-state index is 12.7. The lowest BCUT2D eigenvalue weighted by molar-refractivity contribution is 0.0695. The van der Waals surface area contributed by atoms with Gasteiger partial charge in [0.1, 0.15) is 0 Å². The van der Waals surface area contributed by atoms with Gasteiger partial charge in [-0.1, -0.05) is 15.9 Å². The molecule has 8 heteroatoms. The van der Waals surface area contributed by atoms with Crippen molar-refractivity contribution in [3.63, 3.8) is 0 Å². The fraction of sp³-hybridized carbons (Fsp3) is 0.462. The van der Waals surface area contributed by atoms with Crippen LogP contribution < -0.4 is 0 Å². The van der Waals surface area contributed by atoms with E-state index in [0.717, 1.165) is 17.9 Å². The van der Waals surface area contributed by atoms with Crippen molar-refractivity contribution in [2.75, 3.05) is 24.6 Å². The Labute approximate surface area is 136 Å². The molecule has 1 aromatic rings. The average Bonchev–Trinajstić information content (AvgIpc) is 2.70. The first-order chi connectivity index (χ1) is 9.84. The molecule has 0 aliphatic carbocycles. The molecule has 1 N–H and O–H groups in total. The molecule has 0 unspecified atom stereocenters. The van der Waals surface area contributed by atoms with Crippen molar-refractivity contribution in [3.05, 3.63) is 27.7 Å². The van der Waals surface area contributed by atoms with Crippen molar-refractivity contribution >= 4 is 43.7 Å². The molecule has 5 nitrogen and oxygen atoms in total. The van der Waals surface area contributed by atoms with Crippen LogP contribution in [0.15, 0.2) is 21.5 Å².